The van der Waals surface area contributed by atoms with Gasteiger partial charge in [0.2, 0.25) is 17.7 Å². The van der Waals surface area contributed by atoms with Gasteiger partial charge in [0.1, 0.15) is 6.04 Å². The van der Waals surface area contributed by atoms with E-state index in [4.69, 9.17) is 0 Å². The van der Waals surface area contributed by atoms with Crippen molar-refractivity contribution in [2.24, 2.45) is 17.8 Å². The average Bonchev–Trinajstić information content (AvgIpc) is 3.40. The van der Waals surface area contributed by atoms with Crippen LogP contribution in [0.4, 0.5) is 0 Å². The Morgan fingerprint density at radius 2 is 1.86 bits per heavy atom. The van der Waals surface area contributed by atoms with E-state index in [-0.39, 0.29) is 36.3 Å². The number of aliphatic hydroxyl groups excluding tert-OH is 1. The first kappa shape index (κ1) is 27.0. The molecule has 3 N–H and O–H groups in total. The molecule has 7 nitrogen and oxygen atoms in total. The minimum atomic E-state index is -0.701. The molecular formula is C28H41N3O4S. The Hall–Kier alpha value is -2.06. The first-order chi connectivity index (χ1) is 17.1. The predicted octanol–water partition coefficient (Wildman–Crippen LogP) is 3.11. The number of hydrogen-bond acceptors (Lipinski definition) is 5. The molecule has 0 aliphatic carbocycles. The van der Waals surface area contributed by atoms with Crippen LogP contribution in [0.5, 0.6) is 0 Å². The fourth-order valence-electron chi connectivity index (χ4n) is 6.76. The van der Waals surface area contributed by atoms with E-state index in [1.807, 2.05) is 51.1 Å². The predicted molar refractivity (Wildman–Crippen MR) is 142 cm³/mol. The number of aliphatic hydroxyl groups is 1. The smallest absolute Gasteiger partial charge is 0.244 e. The maximum Gasteiger partial charge on any atom is 0.244 e. The Balaban J connectivity index is 1.69. The Kier molecular flexibility index (Phi) is 7.77. The highest BCUT2D eigenvalue weighted by atomic mass is 32.2. The summed E-state index contributed by atoms with van der Waals surface area (Å²) in [7, 11) is 0. The Labute approximate surface area is 219 Å². The largest absolute Gasteiger partial charge is 0.394 e. The Bertz CT molecular complexity index is 988. The lowest BCUT2D eigenvalue weighted by atomic mass is 9.66. The molecule has 198 valence electrons. The lowest BCUT2D eigenvalue weighted by Gasteiger charge is -2.39. The van der Waals surface area contributed by atoms with Gasteiger partial charge in [-0.25, -0.2) is 0 Å². The van der Waals surface area contributed by atoms with Crippen molar-refractivity contribution in [1.82, 2.24) is 15.5 Å². The van der Waals surface area contributed by atoms with Gasteiger partial charge in [0.05, 0.1) is 29.2 Å². The number of nitrogens with one attached hydrogen (secondary N) is 2. The molecule has 1 spiro atoms. The van der Waals surface area contributed by atoms with Gasteiger partial charge in [-0.15, -0.1) is 11.8 Å². The number of carbonyl (C=O) groups is 3. The zero-order valence-electron chi connectivity index (χ0n) is 22.1. The SMILES string of the molecule is CCCC(C)NC(=O)C1N([C@@H](CO)C(C)C)C(=O)[C@@H]2[C@@H](C(=O)NCc3ccccc3)[C@@]3(C)CCC12S3. The standard InChI is InChI=1S/C28H41N3O4S/c1-6-10-18(4)30-25(34)23-28-14-13-27(5,36-28)21(24(33)29-15-19-11-8-7-9-12-19)22(28)26(35)31(23)20(16-32)17(2)3/h7-9,11-12,17-18,20-23,32H,6,10,13-16H2,1-5H3,(H,29,33)(H,30,34)/t18?,20-,21-,22-,23?,27+,28?/m0/s1. The maximum atomic E-state index is 14.2. The van der Waals surface area contributed by atoms with Gasteiger partial charge in [-0.3, -0.25) is 14.4 Å². The zero-order chi connectivity index (χ0) is 26.3. The van der Waals surface area contributed by atoms with Gasteiger partial charge in [-0.1, -0.05) is 57.5 Å². The molecule has 2 bridgehead atoms. The second-order valence-corrected chi connectivity index (χ2v) is 13.3. The van der Waals surface area contributed by atoms with Crippen molar-refractivity contribution in [3.8, 4) is 0 Å². The molecule has 36 heavy (non-hydrogen) atoms. The number of hydrogen-bond donors (Lipinski definition) is 3. The van der Waals surface area contributed by atoms with Crippen LogP contribution in [-0.2, 0) is 20.9 Å². The van der Waals surface area contributed by atoms with Gasteiger partial charge in [0, 0.05) is 17.3 Å². The van der Waals surface area contributed by atoms with Crippen LogP contribution >= 0.6 is 11.8 Å². The molecule has 0 radical (unpaired) electrons. The fourth-order valence-corrected chi connectivity index (χ4v) is 9.11. The number of rotatable bonds is 10. The average molecular weight is 516 g/mol. The normalized spacial score (nSPS) is 32.5. The highest BCUT2D eigenvalue weighted by Gasteiger charge is 2.77. The quantitative estimate of drug-likeness (QED) is 0.445. The van der Waals surface area contributed by atoms with E-state index in [2.05, 4.69) is 24.5 Å². The summed E-state index contributed by atoms with van der Waals surface area (Å²) in [6, 6.07) is 8.56. The molecule has 3 fully saturated rings. The second-order valence-electron chi connectivity index (χ2n) is 11.4. The topological polar surface area (TPSA) is 98.7 Å². The van der Waals surface area contributed by atoms with E-state index in [0.717, 1.165) is 24.8 Å². The Morgan fingerprint density at radius 3 is 2.47 bits per heavy atom. The molecule has 3 saturated heterocycles. The van der Waals surface area contributed by atoms with E-state index in [1.54, 1.807) is 16.7 Å². The van der Waals surface area contributed by atoms with Gasteiger partial charge in [0.25, 0.3) is 0 Å². The van der Waals surface area contributed by atoms with Crippen LogP contribution in [0.3, 0.4) is 0 Å². The number of nitrogens with zero attached hydrogens (tertiary/aromatic N) is 1. The third-order valence-electron chi connectivity index (χ3n) is 8.48. The van der Waals surface area contributed by atoms with E-state index in [9.17, 15) is 19.5 Å². The van der Waals surface area contributed by atoms with Crippen molar-refractivity contribution in [2.45, 2.75) is 94.5 Å². The number of fused-ring (bicyclic) bond motifs is 1. The summed E-state index contributed by atoms with van der Waals surface area (Å²) >= 11 is 1.67. The fraction of sp³-hybridized carbons (Fsp3) is 0.679. The number of thioether (sulfide) groups is 1. The van der Waals surface area contributed by atoms with Crippen LogP contribution < -0.4 is 10.6 Å². The summed E-state index contributed by atoms with van der Waals surface area (Å²) < 4.78 is -1.08. The molecule has 3 heterocycles. The van der Waals surface area contributed by atoms with E-state index >= 15 is 0 Å². The molecule has 1 aromatic carbocycles. The Morgan fingerprint density at radius 1 is 1.17 bits per heavy atom. The summed E-state index contributed by atoms with van der Waals surface area (Å²) in [5.74, 6) is -1.58. The number of likely N-dealkylation sites (tertiary alicyclic amines) is 1. The molecule has 3 aliphatic rings. The van der Waals surface area contributed by atoms with E-state index in [1.165, 1.54) is 0 Å². The number of carbonyl (C=O) groups excluding carboxylic acids is 3. The molecule has 3 aliphatic heterocycles. The van der Waals surface area contributed by atoms with Crippen LogP contribution in [0.1, 0.15) is 65.9 Å². The highest BCUT2D eigenvalue weighted by molar-refractivity contribution is 8.02. The lowest BCUT2D eigenvalue weighted by molar-refractivity contribution is -0.144. The second kappa shape index (κ2) is 10.4. The number of amides is 3. The van der Waals surface area contributed by atoms with E-state index in [0.29, 0.717) is 13.0 Å². The van der Waals surface area contributed by atoms with Gasteiger partial charge < -0.3 is 20.6 Å². The van der Waals surface area contributed by atoms with Gasteiger partial charge >= 0.3 is 0 Å². The van der Waals surface area contributed by atoms with Crippen LogP contribution in [0.15, 0.2) is 30.3 Å². The summed E-state index contributed by atoms with van der Waals surface area (Å²) in [5.41, 5.74) is 1.00. The van der Waals surface area contributed by atoms with Gasteiger partial charge in [0.15, 0.2) is 0 Å². The molecule has 1 aromatic rings. The summed E-state index contributed by atoms with van der Waals surface area (Å²) in [6.07, 6.45) is 3.29. The first-order valence-corrected chi connectivity index (χ1v) is 14.2. The molecule has 0 saturated carbocycles. The molecule has 0 aromatic heterocycles. The minimum absolute atomic E-state index is 0.00862. The van der Waals surface area contributed by atoms with Crippen molar-refractivity contribution < 1.29 is 19.5 Å². The van der Waals surface area contributed by atoms with Gasteiger partial charge in [-0.05, 0) is 44.6 Å². The molecule has 3 amide bonds. The molecule has 7 atom stereocenters. The van der Waals surface area contributed by atoms with Crippen LogP contribution in [0, 0.1) is 17.8 Å². The summed E-state index contributed by atoms with van der Waals surface area (Å²) in [6.45, 7) is 10.3. The van der Waals surface area contributed by atoms with E-state index < -0.39 is 33.4 Å². The third-order valence-corrected chi connectivity index (χ3v) is 10.5. The lowest BCUT2D eigenvalue weighted by Crippen LogP contribution is -2.58. The zero-order valence-corrected chi connectivity index (χ0v) is 22.9. The van der Waals surface area contributed by atoms with Crippen molar-refractivity contribution in [3.05, 3.63) is 35.9 Å². The minimum Gasteiger partial charge on any atom is -0.394 e. The van der Waals surface area contributed by atoms with Crippen LogP contribution in [-0.4, -0.2) is 62.0 Å². The molecular weight excluding hydrogens is 474 g/mol. The van der Waals surface area contributed by atoms with Crippen molar-refractivity contribution in [1.29, 1.82) is 0 Å². The third kappa shape index (κ3) is 4.44. The number of benzene rings is 1. The summed E-state index contributed by atoms with van der Waals surface area (Å²) in [5, 5.41) is 16.5. The maximum absolute atomic E-state index is 14.2. The monoisotopic (exact) mass is 515 g/mol. The molecule has 3 unspecified atom stereocenters. The molecule has 8 heteroatoms. The first-order valence-electron chi connectivity index (χ1n) is 13.3. The van der Waals surface area contributed by atoms with Gasteiger partial charge in [-0.2, -0.15) is 0 Å². The van der Waals surface area contributed by atoms with Crippen molar-refractivity contribution in [2.75, 3.05) is 6.61 Å². The van der Waals surface area contributed by atoms with Crippen LogP contribution in [0.25, 0.3) is 0 Å². The van der Waals surface area contributed by atoms with Crippen molar-refractivity contribution >= 4 is 29.5 Å². The highest BCUT2D eigenvalue weighted by Crippen LogP contribution is 2.71. The van der Waals surface area contributed by atoms with Crippen LogP contribution in [0.2, 0.25) is 0 Å². The molecule has 4 rings (SSSR count). The van der Waals surface area contributed by atoms with Crippen molar-refractivity contribution in [3.63, 3.8) is 0 Å². The summed E-state index contributed by atoms with van der Waals surface area (Å²) in [4.78, 5) is 43.3.